The lowest BCUT2D eigenvalue weighted by molar-refractivity contribution is -0.0553. The molecule has 1 saturated heterocycles. The summed E-state index contributed by atoms with van der Waals surface area (Å²) in [6.07, 6.45) is -4.69. The van der Waals surface area contributed by atoms with Crippen molar-refractivity contribution < 1.29 is 34.0 Å². The molecule has 0 saturated carbocycles. The average molecular weight is 345 g/mol. The summed E-state index contributed by atoms with van der Waals surface area (Å²) in [6, 6.07) is 0. The number of carbonyl (C=O) groups is 1. The summed E-state index contributed by atoms with van der Waals surface area (Å²) >= 11 is 0. The Morgan fingerprint density at radius 2 is 2.25 bits per heavy atom. The van der Waals surface area contributed by atoms with Crippen molar-refractivity contribution in [2.24, 2.45) is 0 Å². The van der Waals surface area contributed by atoms with E-state index >= 15 is 0 Å². The standard InChI is InChI=1S/C13H16FN3O7/c1-2-3-23-13(22)16-10-6(14)4-17(12(21)15-10)11-9(20)8(19)7(5-18)24-11/h2,4,7-9,11,18-20H,1,3,5H2,(H,15,16,21,22)/t7-,8-,9-,11-/m1/s1. The van der Waals surface area contributed by atoms with Crippen LogP contribution in [0.25, 0.3) is 0 Å². The van der Waals surface area contributed by atoms with Crippen molar-refractivity contribution in [1.82, 2.24) is 9.55 Å². The highest BCUT2D eigenvalue weighted by molar-refractivity contribution is 5.83. The summed E-state index contributed by atoms with van der Waals surface area (Å²) < 4.78 is 24.3. The van der Waals surface area contributed by atoms with E-state index in [1.807, 2.05) is 5.32 Å². The van der Waals surface area contributed by atoms with Gasteiger partial charge in [-0.25, -0.2) is 14.0 Å². The third-order valence-electron chi connectivity index (χ3n) is 3.25. The van der Waals surface area contributed by atoms with Crippen molar-refractivity contribution in [3.05, 3.63) is 35.2 Å². The fourth-order valence-electron chi connectivity index (χ4n) is 2.09. The van der Waals surface area contributed by atoms with Crippen molar-refractivity contribution in [3.8, 4) is 0 Å². The molecule has 0 spiro atoms. The zero-order valence-electron chi connectivity index (χ0n) is 12.3. The number of hydrogen-bond acceptors (Lipinski definition) is 8. The number of amides is 1. The smallest absolute Gasteiger partial charge is 0.413 e. The molecule has 1 aromatic rings. The van der Waals surface area contributed by atoms with E-state index < -0.39 is 54.6 Å². The third kappa shape index (κ3) is 3.59. The van der Waals surface area contributed by atoms with Crippen LogP contribution in [0.4, 0.5) is 15.0 Å². The number of aromatic nitrogens is 2. The first-order chi connectivity index (χ1) is 11.4. The maximum Gasteiger partial charge on any atom is 0.413 e. The van der Waals surface area contributed by atoms with Crippen LogP contribution < -0.4 is 11.0 Å². The number of hydrogen-bond donors (Lipinski definition) is 4. The number of halogens is 1. The number of rotatable bonds is 5. The monoisotopic (exact) mass is 345 g/mol. The lowest BCUT2D eigenvalue weighted by atomic mass is 10.1. The van der Waals surface area contributed by atoms with Gasteiger partial charge in [-0.15, -0.1) is 0 Å². The van der Waals surface area contributed by atoms with Crippen LogP contribution in [0.15, 0.2) is 23.6 Å². The second kappa shape index (κ2) is 7.49. The molecular weight excluding hydrogens is 329 g/mol. The number of carbonyl (C=O) groups excluding carboxylic acids is 1. The van der Waals surface area contributed by atoms with E-state index in [2.05, 4.69) is 16.3 Å². The Balaban J connectivity index is 2.22. The molecule has 2 rings (SSSR count). The maximum absolute atomic E-state index is 14.0. The number of ether oxygens (including phenoxy) is 2. The summed E-state index contributed by atoms with van der Waals surface area (Å²) in [5, 5.41) is 30.5. The molecule has 1 amide bonds. The van der Waals surface area contributed by atoms with Crippen molar-refractivity contribution in [1.29, 1.82) is 0 Å². The summed E-state index contributed by atoms with van der Waals surface area (Å²) in [4.78, 5) is 26.6. The molecule has 132 valence electrons. The summed E-state index contributed by atoms with van der Waals surface area (Å²) in [6.45, 7) is 2.61. The molecule has 0 bridgehead atoms. The largest absolute Gasteiger partial charge is 0.445 e. The Morgan fingerprint density at radius 3 is 2.83 bits per heavy atom. The highest BCUT2D eigenvalue weighted by atomic mass is 19.1. The summed E-state index contributed by atoms with van der Waals surface area (Å²) in [5.74, 6) is -1.76. The van der Waals surface area contributed by atoms with Crippen LogP contribution in [0.3, 0.4) is 0 Å². The SMILES string of the molecule is C=CCOC(=O)Nc1nc(=O)n([C@@H]2O[C@H](CO)[C@@H](O)[C@H]2O)cc1F. The molecule has 1 fully saturated rings. The van der Waals surface area contributed by atoms with Crippen molar-refractivity contribution in [2.45, 2.75) is 24.5 Å². The highest BCUT2D eigenvalue weighted by Crippen LogP contribution is 2.28. The first-order valence-electron chi connectivity index (χ1n) is 6.84. The van der Waals surface area contributed by atoms with E-state index in [9.17, 15) is 24.2 Å². The molecule has 24 heavy (non-hydrogen) atoms. The second-order valence-electron chi connectivity index (χ2n) is 4.87. The van der Waals surface area contributed by atoms with Gasteiger partial charge in [-0.1, -0.05) is 12.7 Å². The van der Waals surface area contributed by atoms with E-state index in [1.54, 1.807) is 0 Å². The Morgan fingerprint density at radius 1 is 1.54 bits per heavy atom. The van der Waals surface area contributed by atoms with Gasteiger partial charge in [0, 0.05) is 0 Å². The lowest BCUT2D eigenvalue weighted by Gasteiger charge is -2.17. The minimum Gasteiger partial charge on any atom is -0.445 e. The second-order valence-corrected chi connectivity index (χ2v) is 4.87. The minimum atomic E-state index is -1.57. The number of nitrogens with zero attached hydrogens (tertiary/aromatic N) is 2. The van der Waals surface area contributed by atoms with E-state index in [0.29, 0.717) is 10.8 Å². The predicted octanol–water partition coefficient (Wildman–Crippen LogP) is -1.27. The summed E-state index contributed by atoms with van der Waals surface area (Å²) in [7, 11) is 0. The normalized spacial score (nSPS) is 26.2. The van der Waals surface area contributed by atoms with Crippen LogP contribution in [-0.4, -0.2) is 62.5 Å². The van der Waals surface area contributed by atoms with Crippen LogP contribution in [0.1, 0.15) is 6.23 Å². The van der Waals surface area contributed by atoms with Crippen LogP contribution in [0.2, 0.25) is 0 Å². The molecule has 4 N–H and O–H groups in total. The van der Waals surface area contributed by atoms with Crippen LogP contribution in [0.5, 0.6) is 0 Å². The molecular formula is C13H16FN3O7. The van der Waals surface area contributed by atoms with Gasteiger partial charge < -0.3 is 24.8 Å². The van der Waals surface area contributed by atoms with Crippen molar-refractivity contribution in [3.63, 3.8) is 0 Å². The highest BCUT2D eigenvalue weighted by Gasteiger charge is 2.44. The van der Waals surface area contributed by atoms with Gasteiger partial charge in [-0.05, 0) is 0 Å². The third-order valence-corrected chi connectivity index (χ3v) is 3.25. The molecule has 10 nitrogen and oxygen atoms in total. The Kier molecular flexibility index (Phi) is 5.62. The zero-order chi connectivity index (χ0) is 17.9. The van der Waals surface area contributed by atoms with Crippen LogP contribution in [-0.2, 0) is 9.47 Å². The molecule has 11 heteroatoms. The van der Waals surface area contributed by atoms with Crippen LogP contribution >= 0.6 is 0 Å². The molecule has 0 unspecified atom stereocenters. The fourth-order valence-corrected chi connectivity index (χ4v) is 2.09. The van der Waals surface area contributed by atoms with Gasteiger partial charge in [0.15, 0.2) is 17.9 Å². The van der Waals surface area contributed by atoms with Gasteiger partial charge in [0.05, 0.1) is 12.8 Å². The lowest BCUT2D eigenvalue weighted by Crippen LogP contribution is -2.36. The first kappa shape index (κ1) is 18.0. The first-order valence-corrected chi connectivity index (χ1v) is 6.84. The number of nitrogens with one attached hydrogen (secondary N) is 1. The minimum absolute atomic E-state index is 0.118. The summed E-state index contributed by atoms with van der Waals surface area (Å²) in [5.41, 5.74) is -1.05. The van der Waals surface area contributed by atoms with Gasteiger partial charge in [0.25, 0.3) is 0 Å². The quantitative estimate of drug-likeness (QED) is 0.484. The van der Waals surface area contributed by atoms with E-state index in [1.165, 1.54) is 6.08 Å². The average Bonchev–Trinajstić information content (AvgIpc) is 2.84. The number of aliphatic hydroxyl groups excluding tert-OH is 3. The molecule has 0 aromatic carbocycles. The molecule has 0 aliphatic carbocycles. The number of aliphatic hydroxyl groups is 3. The molecule has 2 heterocycles. The molecule has 0 radical (unpaired) electrons. The fraction of sp³-hybridized carbons (Fsp3) is 0.462. The molecule has 1 aliphatic heterocycles. The predicted molar refractivity (Wildman–Crippen MR) is 76.6 cm³/mol. The molecule has 1 aliphatic rings. The van der Waals surface area contributed by atoms with Gasteiger partial charge in [-0.3, -0.25) is 9.88 Å². The van der Waals surface area contributed by atoms with E-state index in [0.717, 1.165) is 0 Å². The maximum atomic E-state index is 14.0. The molecule has 1 aromatic heterocycles. The van der Waals surface area contributed by atoms with Gasteiger partial charge >= 0.3 is 11.8 Å². The molecule has 4 atom stereocenters. The van der Waals surface area contributed by atoms with Crippen molar-refractivity contribution in [2.75, 3.05) is 18.5 Å². The van der Waals surface area contributed by atoms with E-state index in [-0.39, 0.29) is 6.61 Å². The van der Waals surface area contributed by atoms with Crippen molar-refractivity contribution >= 4 is 11.9 Å². The Labute approximate surface area is 134 Å². The number of anilines is 1. The van der Waals surface area contributed by atoms with Crippen LogP contribution in [0, 0.1) is 5.82 Å². The zero-order valence-corrected chi connectivity index (χ0v) is 12.3. The van der Waals surface area contributed by atoms with Gasteiger partial charge in [-0.2, -0.15) is 4.98 Å². The topological polar surface area (TPSA) is 143 Å². The Bertz CT molecular complexity index is 680. The Hall–Kier alpha value is -2.34. The van der Waals surface area contributed by atoms with Gasteiger partial charge in [0.2, 0.25) is 0 Å². The van der Waals surface area contributed by atoms with Gasteiger partial charge in [0.1, 0.15) is 24.9 Å². The van der Waals surface area contributed by atoms with E-state index in [4.69, 9.17) is 9.84 Å².